The molecule has 1 N–H and O–H groups in total. The molecule has 2 aliphatic rings. The van der Waals surface area contributed by atoms with E-state index in [1.807, 2.05) is 50.3 Å². The Labute approximate surface area is 329 Å². The van der Waals surface area contributed by atoms with Crippen molar-refractivity contribution < 1.29 is 18.7 Å². The molecule has 2 saturated carbocycles. The van der Waals surface area contributed by atoms with Crippen LogP contribution in [0.1, 0.15) is 75.4 Å². The van der Waals surface area contributed by atoms with Crippen molar-refractivity contribution in [3.63, 3.8) is 0 Å². The van der Waals surface area contributed by atoms with Gasteiger partial charge in [0.25, 0.3) is 0 Å². The lowest BCUT2D eigenvalue weighted by Gasteiger charge is -2.28. The molecule has 0 aliphatic heterocycles. The number of carbonyl (C=O) groups excluding carboxylic acids is 1. The summed E-state index contributed by atoms with van der Waals surface area (Å²) in [5.74, 6) is 0.541. The van der Waals surface area contributed by atoms with Crippen LogP contribution in [-0.4, -0.2) is 82.6 Å². The van der Waals surface area contributed by atoms with Crippen LogP contribution >= 0.6 is 0 Å². The van der Waals surface area contributed by atoms with Crippen molar-refractivity contribution in [3.05, 3.63) is 47.2 Å². The molecule has 0 saturated heterocycles. The van der Waals surface area contributed by atoms with E-state index >= 15 is 4.39 Å². The van der Waals surface area contributed by atoms with Gasteiger partial charge in [-0.2, -0.15) is 14.6 Å². The van der Waals surface area contributed by atoms with Crippen LogP contribution in [0.5, 0.6) is 0 Å². The van der Waals surface area contributed by atoms with E-state index in [4.69, 9.17) is 19.7 Å². The lowest BCUT2D eigenvalue weighted by atomic mass is 9.82. The number of nitrogens with zero attached hydrogens (tertiary/aromatic N) is 8. The Morgan fingerprint density at radius 3 is 2.13 bits per heavy atom. The summed E-state index contributed by atoms with van der Waals surface area (Å²) in [6.45, 7) is 29.3. The summed E-state index contributed by atoms with van der Waals surface area (Å²) < 4.78 is 32.0. The minimum atomic E-state index is -1.36. The van der Waals surface area contributed by atoms with Crippen LogP contribution in [0.4, 0.5) is 10.2 Å². The highest BCUT2D eigenvalue weighted by atomic mass is 28.3. The molecule has 55 heavy (non-hydrogen) atoms. The molecule has 0 spiro atoms. The second kappa shape index (κ2) is 17.7. The van der Waals surface area contributed by atoms with Gasteiger partial charge in [0.1, 0.15) is 36.7 Å². The Bertz CT molecular complexity index is 1830. The predicted octanol–water partition coefficient (Wildman–Crippen LogP) is 8.76. The number of hydrogen-bond donors (Lipinski definition) is 1. The summed E-state index contributed by atoms with van der Waals surface area (Å²) in [5.41, 5.74) is 3.22. The summed E-state index contributed by atoms with van der Waals surface area (Å²) >= 11 is 0. The van der Waals surface area contributed by atoms with Gasteiger partial charge in [-0.3, -0.25) is 14.4 Å². The first-order chi connectivity index (χ1) is 25.9. The topological polar surface area (TPSA) is 125 Å². The molecule has 12 nitrogen and oxygen atoms in total. The van der Waals surface area contributed by atoms with Gasteiger partial charge in [0.05, 0.1) is 5.69 Å². The van der Waals surface area contributed by atoms with Crippen LogP contribution in [0.15, 0.2) is 23.3 Å². The molecule has 1 amide bonds. The fourth-order valence-corrected chi connectivity index (χ4v) is 8.78. The number of anilines is 1. The molecule has 0 aromatic carbocycles. The number of nitrogens with one attached hydrogen (secondary N) is 1. The number of allylic oxidation sites excluding steroid dienone is 1. The maximum absolute atomic E-state index is 16.0. The molecule has 3 aromatic rings. The number of pyridine rings is 1. The number of hydrogen-bond acceptors (Lipinski definition) is 9. The number of aryl methyl sites for hydroxylation is 1. The molecule has 15 heteroatoms. The van der Waals surface area contributed by atoms with Crippen LogP contribution in [0, 0.1) is 37.5 Å². The molecule has 0 bridgehead atoms. The second-order valence-corrected chi connectivity index (χ2v) is 29.3. The summed E-state index contributed by atoms with van der Waals surface area (Å²) in [7, 11) is -2.58. The molecule has 3 heterocycles. The van der Waals surface area contributed by atoms with Crippen molar-refractivity contribution in [1.29, 1.82) is 0 Å². The van der Waals surface area contributed by atoms with Crippen LogP contribution < -0.4 is 5.32 Å². The molecule has 0 radical (unpaired) electrons. The summed E-state index contributed by atoms with van der Waals surface area (Å²) in [5, 5.41) is 23.2. The molecule has 2 fully saturated rings. The largest absolute Gasteiger partial charge is 0.361 e. The van der Waals surface area contributed by atoms with Gasteiger partial charge in [-0.15, -0.1) is 10.2 Å². The van der Waals surface area contributed by atoms with Gasteiger partial charge in [0.2, 0.25) is 11.9 Å². The van der Waals surface area contributed by atoms with E-state index in [1.165, 1.54) is 0 Å². The third-order valence-corrected chi connectivity index (χ3v) is 14.0. The summed E-state index contributed by atoms with van der Waals surface area (Å²) in [6, 6.07) is 5.40. The number of hydrazone groups is 1. The Kier molecular flexibility index (Phi) is 13.7. The summed E-state index contributed by atoms with van der Waals surface area (Å²) in [4.78, 5) is 19.0. The average molecular weight is 794 g/mol. The summed E-state index contributed by atoms with van der Waals surface area (Å²) in [6.07, 6.45) is 6.21. The minimum Gasteiger partial charge on any atom is -0.361 e. The van der Waals surface area contributed by atoms with Gasteiger partial charge in [0, 0.05) is 58.9 Å². The molecular weight excluding hydrogens is 730 g/mol. The second-order valence-electron chi connectivity index (χ2n) is 18.1. The first-order valence-corrected chi connectivity index (χ1v) is 27.4. The van der Waals surface area contributed by atoms with E-state index in [1.54, 1.807) is 16.8 Å². The fraction of sp³-hybridized carbons (Fsp3) is 0.650. The maximum atomic E-state index is 16.0. The van der Waals surface area contributed by atoms with E-state index in [9.17, 15) is 4.79 Å². The van der Waals surface area contributed by atoms with Crippen LogP contribution in [-0.2, 0) is 27.7 Å². The van der Waals surface area contributed by atoms with E-state index in [-0.39, 0.29) is 30.4 Å². The maximum Gasteiger partial charge on any atom is 0.236 e. The van der Waals surface area contributed by atoms with Gasteiger partial charge in [-0.1, -0.05) is 45.4 Å². The molecule has 3 aromatic heterocycles. The zero-order valence-corrected chi connectivity index (χ0v) is 37.1. The highest BCUT2D eigenvalue weighted by Crippen LogP contribution is 2.55. The standard InChI is InChI=1S/C40H64FN9O3Si2/c1-13-32(50(42-6)26(2)3)38-45-46-39(48(38)24-52-20-22-54(7,8)9)36(35(29-14-15-29)30-16-17-30)40(51)44-33-19-18-31(37(41)43-33)34-27(4)47-49(28(34)5)25-53-21-23-55(10,11)12/h13,18-19,26,29-30,35-36H,6,14-17,20-25H2,1-5,7-12H3,(H,43,44,51)/b32-13-. The monoisotopic (exact) mass is 793 g/mol. The average Bonchev–Trinajstić information content (AvgIpc) is 4.04. The third kappa shape index (κ3) is 10.9. The number of amides is 1. The Hall–Kier alpha value is -3.54. The first kappa shape index (κ1) is 42.6. The zero-order chi connectivity index (χ0) is 40.2. The molecule has 1 unspecified atom stereocenters. The van der Waals surface area contributed by atoms with Gasteiger partial charge >= 0.3 is 0 Å². The Balaban J connectivity index is 1.46. The van der Waals surface area contributed by atoms with Crippen molar-refractivity contribution in [2.24, 2.45) is 22.9 Å². The van der Waals surface area contributed by atoms with Crippen LogP contribution in [0.25, 0.3) is 16.8 Å². The molecular formula is C40H64FN9O3Si2. The fourth-order valence-electron chi connectivity index (χ4n) is 7.27. The van der Waals surface area contributed by atoms with E-state index in [0.29, 0.717) is 60.3 Å². The number of carbonyl (C=O) groups is 1. The highest BCUT2D eigenvalue weighted by Gasteiger charge is 2.50. The van der Waals surface area contributed by atoms with Crippen molar-refractivity contribution in [3.8, 4) is 11.1 Å². The van der Waals surface area contributed by atoms with Crippen molar-refractivity contribution in [1.82, 2.24) is 34.5 Å². The van der Waals surface area contributed by atoms with E-state index in [2.05, 4.69) is 66.5 Å². The van der Waals surface area contributed by atoms with Gasteiger partial charge < -0.3 is 14.8 Å². The van der Waals surface area contributed by atoms with Gasteiger partial charge in [-0.05, 0) is 102 Å². The van der Waals surface area contributed by atoms with Crippen molar-refractivity contribution in [2.75, 3.05) is 18.5 Å². The highest BCUT2D eigenvalue weighted by molar-refractivity contribution is 6.76. The normalized spacial score (nSPS) is 15.9. The van der Waals surface area contributed by atoms with Crippen LogP contribution in [0.2, 0.25) is 51.4 Å². The lowest BCUT2D eigenvalue weighted by molar-refractivity contribution is -0.119. The predicted molar refractivity (Wildman–Crippen MR) is 224 cm³/mol. The SMILES string of the molecule is C=NN(/C(=C\C)c1nnc(C(C(=O)Nc2ccc(-c3c(C)nn(COCC[Si](C)(C)C)c3C)c(F)n2)C(C2CC2)C2CC2)n1COCC[Si](C)(C)C)C(C)C. The number of rotatable bonds is 21. The number of halogens is 1. The van der Waals surface area contributed by atoms with Crippen molar-refractivity contribution >= 4 is 40.3 Å². The first-order valence-electron chi connectivity index (χ1n) is 20.0. The quantitative estimate of drug-likeness (QED) is 0.0373. The third-order valence-electron chi connectivity index (χ3n) is 10.6. The zero-order valence-electron chi connectivity index (χ0n) is 35.1. The molecule has 302 valence electrons. The molecule has 2 aliphatic carbocycles. The lowest BCUT2D eigenvalue weighted by Crippen LogP contribution is -2.33. The molecule has 1 atom stereocenters. The minimum absolute atomic E-state index is 0.00821. The Morgan fingerprint density at radius 1 is 1.02 bits per heavy atom. The van der Waals surface area contributed by atoms with Crippen LogP contribution in [0.3, 0.4) is 0 Å². The van der Waals surface area contributed by atoms with Crippen molar-refractivity contribution in [2.45, 2.75) is 137 Å². The van der Waals surface area contributed by atoms with Gasteiger partial charge in [0.15, 0.2) is 5.82 Å². The van der Waals surface area contributed by atoms with E-state index < -0.39 is 28.0 Å². The molecule has 5 rings (SSSR count). The Morgan fingerprint density at radius 2 is 1.62 bits per heavy atom. The number of ether oxygens (including phenoxy) is 2. The van der Waals surface area contributed by atoms with Gasteiger partial charge in [-0.25, -0.2) is 9.67 Å². The smallest absolute Gasteiger partial charge is 0.236 e. The van der Waals surface area contributed by atoms with E-state index in [0.717, 1.165) is 49.2 Å². The number of aromatic nitrogens is 6.